The summed E-state index contributed by atoms with van der Waals surface area (Å²) in [5.74, 6) is -0.352. The monoisotopic (exact) mass is 414 g/mol. The van der Waals surface area contributed by atoms with Crippen molar-refractivity contribution in [1.29, 1.82) is 0 Å². The molecule has 0 unspecified atom stereocenters. The average molecular weight is 415 g/mol. The minimum absolute atomic E-state index is 0.0181. The van der Waals surface area contributed by atoms with E-state index in [2.05, 4.69) is 10.0 Å². The molecule has 1 amide bonds. The molecule has 2 N–H and O–H groups in total. The molecule has 0 aromatic heterocycles. The molecular formula is C21H19ClN2O3S. The van der Waals surface area contributed by atoms with Crippen LogP contribution in [0, 0.1) is 6.92 Å². The molecule has 0 fully saturated rings. The van der Waals surface area contributed by atoms with Gasteiger partial charge in [-0.1, -0.05) is 59.6 Å². The van der Waals surface area contributed by atoms with E-state index in [1.54, 1.807) is 30.3 Å². The van der Waals surface area contributed by atoms with Gasteiger partial charge in [0.25, 0.3) is 15.9 Å². The summed E-state index contributed by atoms with van der Waals surface area (Å²) in [7, 11) is -3.88. The Bertz CT molecular complexity index is 1100. The molecule has 0 saturated carbocycles. The molecule has 0 spiro atoms. The van der Waals surface area contributed by atoms with E-state index >= 15 is 0 Å². The molecule has 5 nitrogen and oxygen atoms in total. The largest absolute Gasteiger partial charge is 0.348 e. The Hall–Kier alpha value is -2.83. The van der Waals surface area contributed by atoms with Crippen LogP contribution < -0.4 is 10.0 Å². The van der Waals surface area contributed by atoms with E-state index in [4.69, 9.17) is 11.6 Å². The molecule has 3 rings (SSSR count). The molecule has 0 atom stereocenters. The molecule has 0 saturated heterocycles. The van der Waals surface area contributed by atoms with Crippen LogP contribution in [0.3, 0.4) is 0 Å². The zero-order valence-electron chi connectivity index (χ0n) is 15.1. The van der Waals surface area contributed by atoms with Gasteiger partial charge >= 0.3 is 0 Å². The Morgan fingerprint density at radius 2 is 1.68 bits per heavy atom. The maximum atomic E-state index is 12.6. The van der Waals surface area contributed by atoms with Crippen molar-refractivity contribution in [2.24, 2.45) is 0 Å². The van der Waals surface area contributed by atoms with Gasteiger partial charge in [-0.15, -0.1) is 0 Å². The summed E-state index contributed by atoms with van der Waals surface area (Å²) >= 11 is 6.02. The van der Waals surface area contributed by atoms with Crippen LogP contribution in [0.4, 0.5) is 5.69 Å². The number of sulfonamides is 1. The third-order valence-electron chi connectivity index (χ3n) is 4.10. The second-order valence-electron chi connectivity index (χ2n) is 6.28. The quantitative estimate of drug-likeness (QED) is 0.628. The molecule has 0 radical (unpaired) electrons. The van der Waals surface area contributed by atoms with Crippen molar-refractivity contribution in [2.45, 2.75) is 18.4 Å². The van der Waals surface area contributed by atoms with Crippen LogP contribution in [0.5, 0.6) is 0 Å². The standard InChI is InChI=1S/C21H19ClN2O3S/c1-15-9-11-16(12-10-15)14-23-21(25)17-5-4-6-18(13-17)28(26,27)24-20-8-3-2-7-19(20)22/h2-13,24H,14H2,1H3,(H,23,25). The van der Waals surface area contributed by atoms with Gasteiger partial charge in [0.05, 0.1) is 15.6 Å². The zero-order valence-corrected chi connectivity index (χ0v) is 16.7. The molecule has 7 heteroatoms. The first-order chi connectivity index (χ1) is 13.3. The van der Waals surface area contributed by atoms with Gasteiger partial charge in [-0.25, -0.2) is 8.42 Å². The maximum Gasteiger partial charge on any atom is 0.261 e. The van der Waals surface area contributed by atoms with Crippen LogP contribution in [0.1, 0.15) is 21.5 Å². The van der Waals surface area contributed by atoms with Crippen molar-refractivity contribution >= 4 is 33.2 Å². The van der Waals surface area contributed by atoms with Gasteiger partial charge in [-0.3, -0.25) is 9.52 Å². The molecule has 144 valence electrons. The SMILES string of the molecule is Cc1ccc(CNC(=O)c2cccc(S(=O)(=O)Nc3ccccc3Cl)c2)cc1. The van der Waals surface area contributed by atoms with E-state index in [9.17, 15) is 13.2 Å². The fourth-order valence-electron chi connectivity index (χ4n) is 2.54. The summed E-state index contributed by atoms with van der Waals surface area (Å²) in [5, 5.41) is 3.09. The highest BCUT2D eigenvalue weighted by molar-refractivity contribution is 7.92. The highest BCUT2D eigenvalue weighted by Gasteiger charge is 2.17. The predicted octanol–water partition coefficient (Wildman–Crippen LogP) is 4.38. The highest BCUT2D eigenvalue weighted by atomic mass is 35.5. The predicted molar refractivity (Wildman–Crippen MR) is 111 cm³/mol. The molecular weight excluding hydrogens is 396 g/mol. The summed E-state index contributed by atoms with van der Waals surface area (Å²) in [6.07, 6.45) is 0. The number of amides is 1. The first-order valence-corrected chi connectivity index (χ1v) is 10.4. The van der Waals surface area contributed by atoms with Crippen LogP contribution in [0.2, 0.25) is 5.02 Å². The first kappa shape index (κ1) is 19.9. The van der Waals surface area contributed by atoms with Gasteiger partial charge in [0.1, 0.15) is 0 Å². The molecule has 0 aliphatic rings. The minimum atomic E-state index is -3.88. The van der Waals surface area contributed by atoms with Crippen molar-refractivity contribution < 1.29 is 13.2 Å². The number of benzene rings is 3. The van der Waals surface area contributed by atoms with Crippen molar-refractivity contribution in [2.75, 3.05) is 4.72 Å². The maximum absolute atomic E-state index is 12.6. The molecule has 0 aliphatic heterocycles. The Morgan fingerprint density at radius 3 is 2.39 bits per heavy atom. The van der Waals surface area contributed by atoms with Gasteiger partial charge < -0.3 is 5.32 Å². The lowest BCUT2D eigenvalue weighted by Gasteiger charge is -2.11. The Labute approximate surface area is 169 Å². The summed E-state index contributed by atoms with van der Waals surface area (Å²) in [6, 6.07) is 20.2. The lowest BCUT2D eigenvalue weighted by atomic mass is 10.1. The minimum Gasteiger partial charge on any atom is -0.348 e. The van der Waals surface area contributed by atoms with E-state index in [0.717, 1.165) is 11.1 Å². The zero-order chi connectivity index (χ0) is 20.1. The van der Waals surface area contributed by atoms with Crippen molar-refractivity contribution in [3.8, 4) is 0 Å². The number of nitrogens with one attached hydrogen (secondary N) is 2. The summed E-state index contributed by atoms with van der Waals surface area (Å²) < 4.78 is 27.7. The topological polar surface area (TPSA) is 75.3 Å². The molecule has 0 bridgehead atoms. The van der Waals surface area contributed by atoms with E-state index in [-0.39, 0.29) is 27.1 Å². The summed E-state index contributed by atoms with van der Waals surface area (Å²) in [6.45, 7) is 2.35. The molecule has 3 aromatic rings. The van der Waals surface area contributed by atoms with Crippen LogP contribution in [-0.2, 0) is 16.6 Å². The highest BCUT2D eigenvalue weighted by Crippen LogP contribution is 2.24. The number of anilines is 1. The van der Waals surface area contributed by atoms with E-state index in [0.29, 0.717) is 6.54 Å². The third-order valence-corrected chi connectivity index (χ3v) is 5.79. The van der Waals surface area contributed by atoms with Crippen LogP contribution in [0.15, 0.2) is 77.7 Å². The number of para-hydroxylation sites is 1. The number of hydrogen-bond donors (Lipinski definition) is 2. The Morgan fingerprint density at radius 1 is 0.964 bits per heavy atom. The third kappa shape index (κ3) is 4.91. The summed E-state index contributed by atoms with van der Waals surface area (Å²) in [5.41, 5.74) is 2.63. The fourth-order valence-corrected chi connectivity index (χ4v) is 3.91. The number of halogens is 1. The van der Waals surface area contributed by atoms with Gasteiger partial charge in [0.15, 0.2) is 0 Å². The molecule has 3 aromatic carbocycles. The molecule has 0 aliphatic carbocycles. The average Bonchev–Trinajstić information content (AvgIpc) is 2.69. The smallest absolute Gasteiger partial charge is 0.261 e. The van der Waals surface area contributed by atoms with Gasteiger partial charge in [0.2, 0.25) is 0 Å². The number of aryl methyl sites for hydroxylation is 1. The lowest BCUT2D eigenvalue weighted by molar-refractivity contribution is 0.0950. The number of rotatable bonds is 6. The lowest BCUT2D eigenvalue weighted by Crippen LogP contribution is -2.23. The number of carbonyl (C=O) groups is 1. The Kier molecular flexibility index (Phi) is 6.02. The van der Waals surface area contributed by atoms with Crippen LogP contribution in [-0.4, -0.2) is 14.3 Å². The van der Waals surface area contributed by atoms with Gasteiger partial charge in [0, 0.05) is 12.1 Å². The van der Waals surface area contributed by atoms with E-state index in [1.165, 1.54) is 18.2 Å². The van der Waals surface area contributed by atoms with Crippen molar-refractivity contribution in [3.63, 3.8) is 0 Å². The van der Waals surface area contributed by atoms with Crippen LogP contribution >= 0.6 is 11.6 Å². The Balaban J connectivity index is 1.74. The number of carbonyl (C=O) groups excluding carboxylic acids is 1. The van der Waals surface area contributed by atoms with Gasteiger partial charge in [-0.05, 0) is 42.8 Å². The number of hydrogen-bond acceptors (Lipinski definition) is 3. The van der Waals surface area contributed by atoms with Crippen LogP contribution in [0.25, 0.3) is 0 Å². The fraction of sp³-hybridized carbons (Fsp3) is 0.0952. The van der Waals surface area contributed by atoms with Gasteiger partial charge in [-0.2, -0.15) is 0 Å². The molecule has 28 heavy (non-hydrogen) atoms. The normalized spacial score (nSPS) is 11.1. The second-order valence-corrected chi connectivity index (χ2v) is 8.37. The van der Waals surface area contributed by atoms with Crippen molar-refractivity contribution in [1.82, 2.24) is 5.32 Å². The summed E-state index contributed by atoms with van der Waals surface area (Å²) in [4.78, 5) is 12.4. The second kappa shape index (κ2) is 8.46. The van der Waals surface area contributed by atoms with E-state index in [1.807, 2.05) is 31.2 Å². The van der Waals surface area contributed by atoms with Crippen molar-refractivity contribution in [3.05, 3.63) is 94.5 Å². The van der Waals surface area contributed by atoms with E-state index < -0.39 is 10.0 Å². The molecule has 0 heterocycles. The first-order valence-electron chi connectivity index (χ1n) is 8.56.